The van der Waals surface area contributed by atoms with E-state index < -0.39 is 0 Å². The van der Waals surface area contributed by atoms with E-state index in [-0.39, 0.29) is 5.48 Å². The summed E-state index contributed by atoms with van der Waals surface area (Å²) in [5.41, 5.74) is 6.83. The molecule has 0 aliphatic rings. The highest BCUT2D eigenvalue weighted by atomic mass is 35.5. The topological polar surface area (TPSA) is 86.6 Å². The van der Waals surface area contributed by atoms with Gasteiger partial charge in [-0.05, 0) is 29.7 Å². The third-order valence-electron chi connectivity index (χ3n) is 4.27. The maximum atomic E-state index is 5.92. The molecule has 6 nitrogen and oxygen atoms in total. The van der Waals surface area contributed by atoms with Crippen LogP contribution in [-0.4, -0.2) is 26.2 Å². The molecule has 2 aromatic carbocycles. The highest BCUT2D eigenvalue weighted by Crippen LogP contribution is 2.29. The SMILES string of the molecule is CC(C)Cn1cnc2c(N/N=C/c3ccc(Cl)cc3)nc3ccccc3c21.O. The summed E-state index contributed by atoms with van der Waals surface area (Å²) in [5, 5.41) is 6.14. The Bertz CT molecular complexity index is 1120. The summed E-state index contributed by atoms with van der Waals surface area (Å²) in [6, 6.07) is 15.6. The zero-order valence-electron chi connectivity index (χ0n) is 15.7. The first-order valence-electron chi connectivity index (χ1n) is 8.90. The highest BCUT2D eigenvalue weighted by molar-refractivity contribution is 6.30. The van der Waals surface area contributed by atoms with Crippen LogP contribution in [0.3, 0.4) is 0 Å². The van der Waals surface area contributed by atoms with E-state index in [1.807, 2.05) is 48.8 Å². The van der Waals surface area contributed by atoms with Crippen LogP contribution in [0.15, 0.2) is 60.0 Å². The minimum Gasteiger partial charge on any atom is -0.412 e. The molecule has 0 spiro atoms. The smallest absolute Gasteiger partial charge is 0.175 e. The Morgan fingerprint density at radius 1 is 1.14 bits per heavy atom. The fraction of sp³-hybridized carbons (Fsp3) is 0.190. The zero-order chi connectivity index (χ0) is 18.8. The lowest BCUT2D eigenvalue weighted by Crippen LogP contribution is -2.03. The van der Waals surface area contributed by atoms with Crippen LogP contribution in [0.25, 0.3) is 21.9 Å². The van der Waals surface area contributed by atoms with E-state index in [9.17, 15) is 0 Å². The second-order valence-corrected chi connectivity index (χ2v) is 7.32. The van der Waals surface area contributed by atoms with E-state index in [4.69, 9.17) is 16.6 Å². The largest absolute Gasteiger partial charge is 0.412 e. The van der Waals surface area contributed by atoms with Crippen molar-refractivity contribution < 1.29 is 5.48 Å². The average Bonchev–Trinajstić information content (AvgIpc) is 3.07. The number of hydrazone groups is 1. The fourth-order valence-electron chi connectivity index (χ4n) is 3.11. The molecular formula is C21H22ClN5O. The van der Waals surface area contributed by atoms with Gasteiger partial charge in [-0.1, -0.05) is 55.8 Å². The molecule has 4 rings (SSSR count). The second kappa shape index (κ2) is 8.37. The van der Waals surface area contributed by atoms with Gasteiger partial charge in [-0.15, -0.1) is 0 Å². The first-order valence-corrected chi connectivity index (χ1v) is 9.28. The van der Waals surface area contributed by atoms with Gasteiger partial charge in [0.05, 0.1) is 23.6 Å². The Hall–Kier alpha value is -2.96. The molecule has 0 saturated carbocycles. The normalized spacial score (nSPS) is 11.4. The summed E-state index contributed by atoms with van der Waals surface area (Å²) in [6.07, 6.45) is 3.62. The highest BCUT2D eigenvalue weighted by Gasteiger charge is 2.14. The van der Waals surface area contributed by atoms with Crippen molar-refractivity contribution in [2.75, 3.05) is 5.43 Å². The van der Waals surface area contributed by atoms with E-state index in [1.165, 1.54) is 0 Å². The molecule has 0 bridgehead atoms. The van der Waals surface area contributed by atoms with Crippen LogP contribution in [0, 0.1) is 5.92 Å². The summed E-state index contributed by atoms with van der Waals surface area (Å²) in [7, 11) is 0. The third-order valence-corrected chi connectivity index (χ3v) is 4.52. The van der Waals surface area contributed by atoms with Gasteiger partial charge < -0.3 is 10.0 Å². The number of anilines is 1. The molecule has 0 atom stereocenters. The van der Waals surface area contributed by atoms with E-state index >= 15 is 0 Å². The van der Waals surface area contributed by atoms with Crippen LogP contribution in [0.5, 0.6) is 0 Å². The number of nitrogens with one attached hydrogen (secondary N) is 1. The maximum absolute atomic E-state index is 5.92. The summed E-state index contributed by atoms with van der Waals surface area (Å²) in [4.78, 5) is 9.33. The zero-order valence-corrected chi connectivity index (χ0v) is 16.5. The number of benzene rings is 2. The Kier molecular flexibility index (Phi) is 5.92. The van der Waals surface area contributed by atoms with Crippen LogP contribution in [0.1, 0.15) is 19.4 Å². The lowest BCUT2D eigenvalue weighted by Gasteiger charge is -2.10. The van der Waals surface area contributed by atoms with E-state index in [0.717, 1.165) is 34.0 Å². The molecule has 0 radical (unpaired) electrons. The average molecular weight is 396 g/mol. The number of rotatable bonds is 5. The first kappa shape index (κ1) is 19.8. The number of hydrogen-bond donors (Lipinski definition) is 1. The molecule has 2 aromatic heterocycles. The predicted molar refractivity (Wildman–Crippen MR) is 116 cm³/mol. The lowest BCUT2D eigenvalue weighted by atomic mass is 10.1. The van der Waals surface area contributed by atoms with Gasteiger partial charge in [-0.3, -0.25) is 5.43 Å². The molecule has 0 aliphatic heterocycles. The number of para-hydroxylation sites is 1. The van der Waals surface area contributed by atoms with Gasteiger partial charge in [0.15, 0.2) is 5.82 Å². The summed E-state index contributed by atoms with van der Waals surface area (Å²) < 4.78 is 2.19. The van der Waals surface area contributed by atoms with Crippen molar-refractivity contribution in [3.05, 3.63) is 65.4 Å². The van der Waals surface area contributed by atoms with Crippen molar-refractivity contribution in [2.24, 2.45) is 11.0 Å². The monoisotopic (exact) mass is 395 g/mol. The van der Waals surface area contributed by atoms with Gasteiger partial charge in [0.25, 0.3) is 0 Å². The van der Waals surface area contributed by atoms with Crippen LogP contribution in [-0.2, 0) is 6.54 Å². The van der Waals surface area contributed by atoms with Crippen LogP contribution in [0.2, 0.25) is 5.02 Å². The summed E-state index contributed by atoms with van der Waals surface area (Å²) in [6.45, 7) is 5.30. The van der Waals surface area contributed by atoms with E-state index in [2.05, 4.69) is 40.0 Å². The standard InChI is InChI=1S/C21H20ClN5.H2O/c1-14(2)12-27-13-23-19-20(27)17-5-3-4-6-18(17)25-21(19)26-24-11-15-7-9-16(22)10-8-15;/h3-11,13-14H,12H2,1-2H3,(H,25,26);1H2/b24-11+;. The number of nitrogens with zero attached hydrogens (tertiary/aromatic N) is 4. The molecule has 7 heteroatoms. The molecule has 144 valence electrons. The third kappa shape index (κ3) is 3.98. The maximum Gasteiger partial charge on any atom is 0.175 e. The van der Waals surface area contributed by atoms with Crippen molar-refractivity contribution in [1.82, 2.24) is 14.5 Å². The van der Waals surface area contributed by atoms with Crippen molar-refractivity contribution in [2.45, 2.75) is 20.4 Å². The molecule has 4 aromatic rings. The van der Waals surface area contributed by atoms with Gasteiger partial charge in [0.1, 0.15) is 5.52 Å². The molecule has 2 heterocycles. The van der Waals surface area contributed by atoms with Gasteiger partial charge >= 0.3 is 0 Å². The van der Waals surface area contributed by atoms with Crippen LogP contribution < -0.4 is 5.43 Å². The molecule has 3 N–H and O–H groups in total. The second-order valence-electron chi connectivity index (χ2n) is 6.89. The number of pyridine rings is 1. The number of fused-ring (bicyclic) bond motifs is 3. The molecule has 0 aliphatic carbocycles. The Morgan fingerprint density at radius 3 is 2.64 bits per heavy atom. The van der Waals surface area contributed by atoms with Gasteiger partial charge in [0.2, 0.25) is 0 Å². The van der Waals surface area contributed by atoms with E-state index in [0.29, 0.717) is 16.8 Å². The molecule has 28 heavy (non-hydrogen) atoms. The quantitative estimate of drug-likeness (QED) is 0.398. The fourth-order valence-corrected chi connectivity index (χ4v) is 3.24. The Labute approximate surface area is 168 Å². The summed E-state index contributed by atoms with van der Waals surface area (Å²) in [5.74, 6) is 1.17. The number of aromatic nitrogens is 3. The van der Waals surface area contributed by atoms with Crippen LogP contribution >= 0.6 is 11.6 Å². The van der Waals surface area contributed by atoms with Crippen LogP contribution in [0.4, 0.5) is 5.82 Å². The van der Waals surface area contributed by atoms with Crippen molar-refractivity contribution >= 4 is 45.6 Å². The number of imidazole rings is 1. The minimum absolute atomic E-state index is 0. The van der Waals surface area contributed by atoms with Gasteiger partial charge in [0, 0.05) is 17.0 Å². The van der Waals surface area contributed by atoms with Gasteiger partial charge in [-0.25, -0.2) is 9.97 Å². The predicted octanol–water partition coefficient (Wildman–Crippen LogP) is 4.52. The molecule has 0 saturated heterocycles. The van der Waals surface area contributed by atoms with Crippen molar-refractivity contribution in [1.29, 1.82) is 0 Å². The Morgan fingerprint density at radius 2 is 1.89 bits per heavy atom. The summed E-state index contributed by atoms with van der Waals surface area (Å²) >= 11 is 5.92. The number of halogens is 1. The number of hydrogen-bond acceptors (Lipinski definition) is 4. The molecule has 0 unspecified atom stereocenters. The van der Waals surface area contributed by atoms with Crippen molar-refractivity contribution in [3.63, 3.8) is 0 Å². The first-order chi connectivity index (χ1) is 13.1. The minimum atomic E-state index is 0. The van der Waals surface area contributed by atoms with Crippen molar-refractivity contribution in [3.8, 4) is 0 Å². The molecule has 0 fully saturated rings. The lowest BCUT2D eigenvalue weighted by molar-refractivity contribution is 0.533. The molecular weight excluding hydrogens is 374 g/mol. The Balaban J connectivity index is 0.00000225. The molecule has 0 amide bonds. The van der Waals surface area contributed by atoms with Gasteiger partial charge in [-0.2, -0.15) is 5.10 Å². The van der Waals surface area contributed by atoms with E-state index in [1.54, 1.807) is 6.21 Å².